The van der Waals surface area contributed by atoms with Gasteiger partial charge >= 0.3 is 0 Å². The smallest absolute Gasteiger partial charge is 0.235 e. The molecule has 3 fully saturated rings. The maximum absolute atomic E-state index is 12.7. The third kappa shape index (κ3) is 4.45. The first-order chi connectivity index (χ1) is 14.1. The Morgan fingerprint density at radius 2 is 2.10 bits per heavy atom. The van der Waals surface area contributed by atoms with Gasteiger partial charge in [0.05, 0.1) is 5.02 Å². The first-order valence-corrected chi connectivity index (χ1v) is 12.9. The number of aliphatic hydroxyl groups is 1. The second-order valence-electron chi connectivity index (χ2n) is 9.35. The largest absolute Gasteiger partial charge is 0.476 e. The monoisotopic (exact) mass is 475 g/mol. The van der Waals surface area contributed by atoms with Gasteiger partial charge in [0, 0.05) is 17.2 Å². The number of carbonyl (C=O) groups is 1. The molecule has 6 nitrogen and oxygen atoms in total. The van der Waals surface area contributed by atoms with E-state index in [1.54, 1.807) is 6.07 Å². The van der Waals surface area contributed by atoms with Crippen molar-refractivity contribution in [3.63, 3.8) is 0 Å². The van der Waals surface area contributed by atoms with Crippen molar-refractivity contribution >= 4 is 38.9 Å². The van der Waals surface area contributed by atoms with Crippen molar-refractivity contribution in [1.82, 2.24) is 5.32 Å². The summed E-state index contributed by atoms with van der Waals surface area (Å²) < 4.78 is 30.2. The summed E-state index contributed by atoms with van der Waals surface area (Å²) in [7, 11) is -3.79. The summed E-state index contributed by atoms with van der Waals surface area (Å²) in [4.78, 5) is 12.7. The first kappa shape index (κ1) is 22.2. The fraction of sp³-hybridized carbons (Fsp3) is 0.667. The molecule has 4 unspecified atom stereocenters. The summed E-state index contributed by atoms with van der Waals surface area (Å²) in [5, 5.41) is 13.8. The molecule has 0 aliphatic heterocycles. The van der Waals surface area contributed by atoms with Crippen molar-refractivity contribution in [3.8, 4) is 5.75 Å². The van der Waals surface area contributed by atoms with E-state index in [-0.39, 0.29) is 22.8 Å². The van der Waals surface area contributed by atoms with Crippen LogP contribution in [0, 0.1) is 17.3 Å². The summed E-state index contributed by atoms with van der Waals surface area (Å²) in [5.74, 6) is -0.646. The lowest BCUT2D eigenvalue weighted by Gasteiger charge is -2.38. The van der Waals surface area contributed by atoms with E-state index >= 15 is 0 Å². The van der Waals surface area contributed by atoms with Gasteiger partial charge in [-0.25, -0.2) is 8.42 Å². The van der Waals surface area contributed by atoms with Crippen LogP contribution in [-0.2, 0) is 14.6 Å². The number of sulfone groups is 1. The molecule has 0 spiro atoms. The van der Waals surface area contributed by atoms with E-state index in [9.17, 15) is 18.3 Å². The number of aliphatic hydroxyl groups excluding tert-OH is 1. The van der Waals surface area contributed by atoms with Gasteiger partial charge in [-0.2, -0.15) is 0 Å². The lowest BCUT2D eigenvalue weighted by atomic mass is 9.74. The van der Waals surface area contributed by atoms with Crippen molar-refractivity contribution in [1.29, 1.82) is 0 Å². The average Bonchev–Trinajstić information content (AvgIpc) is 2.77. The molecular formula is C21H27Cl2NO5S. The number of amides is 1. The maximum atomic E-state index is 12.7. The van der Waals surface area contributed by atoms with E-state index in [4.69, 9.17) is 27.9 Å². The average molecular weight is 476 g/mol. The number of fused-ring (bicyclic) bond motifs is 2. The molecule has 166 valence electrons. The van der Waals surface area contributed by atoms with Crippen LogP contribution in [0.1, 0.15) is 44.9 Å². The molecular weight excluding hydrogens is 449 g/mol. The van der Waals surface area contributed by atoms with Crippen LogP contribution >= 0.6 is 23.2 Å². The van der Waals surface area contributed by atoms with E-state index in [1.807, 2.05) is 0 Å². The lowest BCUT2D eigenvalue weighted by Crippen LogP contribution is -2.51. The molecule has 4 rings (SSSR count). The quantitative estimate of drug-likeness (QED) is 0.628. The standard InChI is InChI=1S/C21H27Cl2NO5S/c22-16-3-4-18(17(23)7-16)29-13-30(27,28)10-19(26)24-21-8-14-2-1-5-20(11-21,12-25)15(6-14)9-21/h3-4,7,14-15,25H,1-2,5-6,8-13H2,(H,24,26). The van der Waals surface area contributed by atoms with Crippen molar-refractivity contribution in [2.75, 3.05) is 18.3 Å². The zero-order valence-electron chi connectivity index (χ0n) is 16.7. The Morgan fingerprint density at radius 3 is 2.83 bits per heavy atom. The van der Waals surface area contributed by atoms with Gasteiger partial charge in [-0.15, -0.1) is 0 Å². The van der Waals surface area contributed by atoms with Crippen molar-refractivity contribution in [2.24, 2.45) is 17.3 Å². The third-order valence-corrected chi connectivity index (χ3v) is 8.85. The van der Waals surface area contributed by atoms with Crippen molar-refractivity contribution < 1.29 is 23.1 Å². The number of ether oxygens (including phenoxy) is 1. The summed E-state index contributed by atoms with van der Waals surface area (Å²) >= 11 is 11.8. The van der Waals surface area contributed by atoms with Crippen molar-refractivity contribution in [2.45, 2.75) is 50.5 Å². The zero-order chi connectivity index (χ0) is 21.6. The maximum Gasteiger partial charge on any atom is 0.235 e. The number of rotatable bonds is 7. The second kappa shape index (κ2) is 8.15. The molecule has 3 aliphatic carbocycles. The van der Waals surface area contributed by atoms with Crippen LogP contribution in [0.25, 0.3) is 0 Å². The molecule has 30 heavy (non-hydrogen) atoms. The van der Waals surface area contributed by atoms with Gasteiger partial charge in [-0.1, -0.05) is 36.0 Å². The van der Waals surface area contributed by atoms with Gasteiger partial charge in [0.25, 0.3) is 0 Å². The fourth-order valence-electron chi connectivity index (χ4n) is 6.09. The highest BCUT2D eigenvalue weighted by molar-refractivity contribution is 7.91. The highest BCUT2D eigenvalue weighted by Crippen LogP contribution is 2.61. The minimum atomic E-state index is -3.79. The molecule has 4 atom stereocenters. The Kier molecular flexibility index (Phi) is 6.03. The molecule has 3 bridgehead atoms. The molecule has 9 heteroatoms. The molecule has 2 N–H and O–H groups in total. The van der Waals surface area contributed by atoms with Gasteiger partial charge in [0.15, 0.2) is 15.8 Å². The first-order valence-electron chi connectivity index (χ1n) is 10.3. The minimum Gasteiger partial charge on any atom is -0.476 e. The number of benzene rings is 1. The summed E-state index contributed by atoms with van der Waals surface area (Å²) in [6.07, 6.45) is 6.75. The van der Waals surface area contributed by atoms with Crippen LogP contribution in [0.3, 0.4) is 0 Å². The van der Waals surface area contributed by atoms with Crippen LogP contribution in [-0.4, -0.2) is 43.3 Å². The van der Waals surface area contributed by atoms with Crippen LogP contribution < -0.4 is 10.1 Å². The summed E-state index contributed by atoms with van der Waals surface area (Å²) in [6.45, 7) is 0.135. The molecule has 1 aromatic rings. The molecule has 0 saturated heterocycles. The highest BCUT2D eigenvalue weighted by Gasteiger charge is 2.59. The number of nitrogens with one attached hydrogen (secondary N) is 1. The fourth-order valence-corrected chi connectivity index (χ4v) is 7.41. The van der Waals surface area contributed by atoms with Gasteiger partial charge in [0.2, 0.25) is 5.91 Å². The molecule has 0 aromatic heterocycles. The molecule has 1 amide bonds. The third-order valence-electron chi connectivity index (χ3n) is 7.14. The van der Waals surface area contributed by atoms with E-state index in [0.29, 0.717) is 16.9 Å². The molecule has 0 heterocycles. The summed E-state index contributed by atoms with van der Waals surface area (Å²) in [6, 6.07) is 4.51. The molecule has 1 aromatic carbocycles. The Bertz CT molecular complexity index is 939. The lowest BCUT2D eigenvalue weighted by molar-refractivity contribution is -0.121. The van der Waals surface area contributed by atoms with Crippen LogP contribution in [0.15, 0.2) is 18.2 Å². The second-order valence-corrected chi connectivity index (χ2v) is 12.2. The van der Waals surface area contributed by atoms with Crippen LogP contribution in [0.4, 0.5) is 0 Å². The SMILES string of the molecule is O=C(CS(=O)(=O)COc1ccc(Cl)cc1Cl)NC12CC3CCCC(CO)(C1)C(C3)C2. The Balaban J connectivity index is 1.39. The predicted octanol–water partition coefficient (Wildman–Crippen LogP) is 3.58. The Labute approximate surface area is 187 Å². The number of hydrogen-bond donors (Lipinski definition) is 2. The predicted molar refractivity (Wildman–Crippen MR) is 115 cm³/mol. The van der Waals surface area contributed by atoms with E-state index in [2.05, 4.69) is 5.32 Å². The van der Waals surface area contributed by atoms with E-state index < -0.39 is 33.0 Å². The van der Waals surface area contributed by atoms with Gasteiger partial charge in [-0.3, -0.25) is 4.79 Å². The highest BCUT2D eigenvalue weighted by atomic mass is 35.5. The van der Waals surface area contributed by atoms with E-state index in [0.717, 1.165) is 44.9 Å². The number of hydrogen-bond acceptors (Lipinski definition) is 5. The summed E-state index contributed by atoms with van der Waals surface area (Å²) in [5.41, 5.74) is -0.532. The Hall–Kier alpha value is -1.02. The molecule has 3 saturated carbocycles. The minimum absolute atomic E-state index is 0.133. The number of halogens is 2. The van der Waals surface area contributed by atoms with Gasteiger partial charge in [0.1, 0.15) is 11.5 Å². The zero-order valence-corrected chi connectivity index (χ0v) is 19.0. The van der Waals surface area contributed by atoms with Gasteiger partial charge in [-0.05, 0) is 67.6 Å². The van der Waals surface area contributed by atoms with Gasteiger partial charge < -0.3 is 15.2 Å². The van der Waals surface area contributed by atoms with Crippen molar-refractivity contribution in [3.05, 3.63) is 28.2 Å². The van der Waals surface area contributed by atoms with Crippen LogP contribution in [0.2, 0.25) is 10.0 Å². The molecule has 0 radical (unpaired) electrons. The van der Waals surface area contributed by atoms with Crippen LogP contribution in [0.5, 0.6) is 5.75 Å². The molecule has 3 aliphatic rings. The van der Waals surface area contributed by atoms with E-state index in [1.165, 1.54) is 12.1 Å². The normalized spacial score (nSPS) is 32.6. The number of carbonyl (C=O) groups excluding carboxylic acids is 1. The topological polar surface area (TPSA) is 92.7 Å². The Morgan fingerprint density at radius 1 is 1.30 bits per heavy atom.